The molecule has 1 fully saturated rings. The molecule has 0 aromatic rings. The summed E-state index contributed by atoms with van der Waals surface area (Å²) in [5, 5.41) is 2.96. The molecule has 0 aromatic heterocycles. The van der Waals surface area contributed by atoms with Crippen molar-refractivity contribution in [3.8, 4) is 0 Å². The largest absolute Gasteiger partial charge is 0.444 e. The van der Waals surface area contributed by atoms with E-state index >= 15 is 0 Å². The first-order valence-electron chi connectivity index (χ1n) is 6.79. The zero-order chi connectivity index (χ0) is 14.5. The Morgan fingerprint density at radius 1 is 1.26 bits per heavy atom. The van der Waals surface area contributed by atoms with Crippen LogP contribution in [0.3, 0.4) is 0 Å². The van der Waals surface area contributed by atoms with Crippen molar-refractivity contribution in [2.24, 2.45) is 16.5 Å². The Hall–Kier alpha value is -1.46. The van der Waals surface area contributed by atoms with E-state index in [9.17, 15) is 4.79 Å². The number of amides is 1. The van der Waals surface area contributed by atoms with Crippen molar-refractivity contribution in [2.45, 2.75) is 64.0 Å². The lowest BCUT2D eigenvalue weighted by Gasteiger charge is -2.37. The minimum atomic E-state index is -0.504. The molecule has 0 atom stereocenters. The molecule has 1 amide bonds. The summed E-state index contributed by atoms with van der Waals surface area (Å²) in [5.41, 5.74) is 9.90. The molecule has 1 rings (SSSR count). The van der Waals surface area contributed by atoms with Crippen LogP contribution in [0, 0.1) is 0 Å². The molecule has 6 heteroatoms. The Morgan fingerprint density at radius 2 is 1.84 bits per heavy atom. The molecule has 0 bridgehead atoms. The zero-order valence-corrected chi connectivity index (χ0v) is 12.2. The second kappa shape index (κ2) is 6.12. The topological polar surface area (TPSA) is 103 Å². The minimum absolute atomic E-state index is 0.0518. The summed E-state index contributed by atoms with van der Waals surface area (Å²) >= 11 is 0. The summed E-state index contributed by atoms with van der Waals surface area (Å²) < 4.78 is 5.31. The lowest BCUT2D eigenvalue weighted by atomic mass is 9.82. The fraction of sp³-hybridized carbons (Fsp3) is 0.846. The van der Waals surface area contributed by atoms with Crippen LogP contribution in [-0.2, 0) is 4.74 Å². The second-order valence-electron chi connectivity index (χ2n) is 6.21. The van der Waals surface area contributed by atoms with Gasteiger partial charge in [0, 0.05) is 0 Å². The summed E-state index contributed by atoms with van der Waals surface area (Å²) in [6.45, 7) is 5.94. The van der Waals surface area contributed by atoms with Crippen molar-refractivity contribution >= 4 is 12.1 Å². The molecule has 0 spiro atoms. The molecule has 0 saturated heterocycles. The highest BCUT2D eigenvalue weighted by Gasteiger charge is 2.35. The van der Waals surface area contributed by atoms with Gasteiger partial charge in [-0.05, 0) is 33.6 Å². The molecule has 0 unspecified atom stereocenters. The van der Waals surface area contributed by atoms with Crippen molar-refractivity contribution in [1.29, 1.82) is 0 Å². The maximum atomic E-state index is 11.9. The van der Waals surface area contributed by atoms with Gasteiger partial charge in [-0.1, -0.05) is 19.3 Å². The van der Waals surface area contributed by atoms with E-state index in [-0.39, 0.29) is 11.5 Å². The number of aliphatic imine (C=N–C) groups is 1. The molecular formula is C13H26N4O2. The van der Waals surface area contributed by atoms with Crippen LogP contribution in [0.5, 0.6) is 0 Å². The molecule has 0 radical (unpaired) electrons. The highest BCUT2D eigenvalue weighted by Crippen LogP contribution is 2.29. The summed E-state index contributed by atoms with van der Waals surface area (Å²) in [7, 11) is 0. The van der Waals surface area contributed by atoms with Crippen LogP contribution in [0.25, 0.3) is 0 Å². The SMILES string of the molecule is CC(C)(C)OC(=O)NC1(CN=C(N)N)CCCCC1. The van der Waals surface area contributed by atoms with Gasteiger partial charge < -0.3 is 21.5 Å². The number of nitrogens with zero attached hydrogens (tertiary/aromatic N) is 1. The van der Waals surface area contributed by atoms with Crippen LogP contribution in [0.1, 0.15) is 52.9 Å². The number of carbonyl (C=O) groups is 1. The van der Waals surface area contributed by atoms with E-state index in [1.54, 1.807) is 0 Å². The molecule has 0 heterocycles. The molecule has 1 saturated carbocycles. The molecule has 1 aliphatic carbocycles. The van der Waals surface area contributed by atoms with Crippen LogP contribution in [-0.4, -0.2) is 29.7 Å². The maximum absolute atomic E-state index is 11.9. The number of alkyl carbamates (subject to hydrolysis) is 1. The van der Waals surface area contributed by atoms with Gasteiger partial charge in [-0.3, -0.25) is 4.99 Å². The van der Waals surface area contributed by atoms with E-state index < -0.39 is 11.7 Å². The van der Waals surface area contributed by atoms with Gasteiger partial charge in [0.05, 0.1) is 12.1 Å². The van der Waals surface area contributed by atoms with Crippen LogP contribution in [0.4, 0.5) is 4.79 Å². The van der Waals surface area contributed by atoms with E-state index in [4.69, 9.17) is 16.2 Å². The number of nitrogens with two attached hydrogens (primary N) is 2. The fourth-order valence-corrected chi connectivity index (χ4v) is 2.31. The first-order valence-corrected chi connectivity index (χ1v) is 6.79. The summed E-state index contributed by atoms with van der Waals surface area (Å²) in [6, 6.07) is 0. The van der Waals surface area contributed by atoms with Crippen LogP contribution < -0.4 is 16.8 Å². The third-order valence-corrected chi connectivity index (χ3v) is 3.14. The molecule has 1 aliphatic rings. The first-order chi connectivity index (χ1) is 8.72. The molecule has 5 N–H and O–H groups in total. The van der Waals surface area contributed by atoms with E-state index in [1.165, 1.54) is 6.42 Å². The second-order valence-corrected chi connectivity index (χ2v) is 6.21. The molecule has 0 aliphatic heterocycles. The number of guanidine groups is 1. The van der Waals surface area contributed by atoms with Gasteiger partial charge in [0.15, 0.2) is 5.96 Å². The van der Waals surface area contributed by atoms with Crippen molar-refractivity contribution in [3.63, 3.8) is 0 Å². The number of rotatable bonds is 3. The van der Waals surface area contributed by atoms with E-state index in [2.05, 4.69) is 10.3 Å². The third-order valence-electron chi connectivity index (χ3n) is 3.14. The number of nitrogens with one attached hydrogen (secondary N) is 1. The van der Waals surface area contributed by atoms with Gasteiger partial charge in [-0.25, -0.2) is 4.79 Å². The quantitative estimate of drug-likeness (QED) is 0.534. The number of carbonyl (C=O) groups excluding carboxylic acids is 1. The zero-order valence-electron chi connectivity index (χ0n) is 12.2. The Kier molecular flexibility index (Phi) is 5.03. The average molecular weight is 270 g/mol. The van der Waals surface area contributed by atoms with Gasteiger partial charge >= 0.3 is 6.09 Å². The van der Waals surface area contributed by atoms with Crippen molar-refractivity contribution < 1.29 is 9.53 Å². The van der Waals surface area contributed by atoms with E-state index in [1.807, 2.05) is 20.8 Å². The van der Waals surface area contributed by atoms with E-state index in [0.717, 1.165) is 25.7 Å². The van der Waals surface area contributed by atoms with Gasteiger partial charge in [0.1, 0.15) is 5.60 Å². The number of ether oxygens (including phenoxy) is 1. The summed E-state index contributed by atoms with van der Waals surface area (Å²) in [6.07, 6.45) is 4.66. The highest BCUT2D eigenvalue weighted by molar-refractivity contribution is 5.76. The Morgan fingerprint density at radius 3 is 2.32 bits per heavy atom. The Labute approximate surface area is 115 Å². The van der Waals surface area contributed by atoms with Gasteiger partial charge in [0.25, 0.3) is 0 Å². The highest BCUT2D eigenvalue weighted by atomic mass is 16.6. The predicted molar refractivity (Wildman–Crippen MR) is 75.9 cm³/mol. The lowest BCUT2D eigenvalue weighted by molar-refractivity contribution is 0.0431. The molecule has 0 aromatic carbocycles. The fourth-order valence-electron chi connectivity index (χ4n) is 2.31. The van der Waals surface area contributed by atoms with Gasteiger partial charge in [0.2, 0.25) is 0 Å². The van der Waals surface area contributed by atoms with Gasteiger partial charge in [-0.2, -0.15) is 0 Å². The Bertz CT molecular complexity index is 337. The van der Waals surface area contributed by atoms with Crippen molar-refractivity contribution in [1.82, 2.24) is 5.32 Å². The molecular weight excluding hydrogens is 244 g/mol. The average Bonchev–Trinajstić information content (AvgIpc) is 2.25. The maximum Gasteiger partial charge on any atom is 0.408 e. The number of hydrogen-bond donors (Lipinski definition) is 3. The molecule has 110 valence electrons. The lowest BCUT2D eigenvalue weighted by Crippen LogP contribution is -2.53. The van der Waals surface area contributed by atoms with Crippen LogP contribution >= 0.6 is 0 Å². The number of hydrogen-bond acceptors (Lipinski definition) is 3. The van der Waals surface area contributed by atoms with Crippen LogP contribution in [0.15, 0.2) is 4.99 Å². The summed E-state index contributed by atoms with van der Waals surface area (Å²) in [5.74, 6) is 0.0518. The van der Waals surface area contributed by atoms with Gasteiger partial charge in [-0.15, -0.1) is 0 Å². The van der Waals surface area contributed by atoms with Crippen molar-refractivity contribution in [3.05, 3.63) is 0 Å². The monoisotopic (exact) mass is 270 g/mol. The third kappa shape index (κ3) is 5.81. The molecule has 19 heavy (non-hydrogen) atoms. The smallest absolute Gasteiger partial charge is 0.408 e. The molecule has 6 nitrogen and oxygen atoms in total. The minimum Gasteiger partial charge on any atom is -0.444 e. The standard InChI is InChI=1S/C13H26N4O2/c1-12(2,3)19-11(18)17-13(9-16-10(14)15)7-5-4-6-8-13/h4-9H2,1-3H3,(H,17,18)(H4,14,15,16). The first kappa shape index (κ1) is 15.6. The Balaban J connectivity index is 2.69. The predicted octanol–water partition coefficient (Wildman–Crippen LogP) is 1.49. The van der Waals surface area contributed by atoms with E-state index in [0.29, 0.717) is 6.54 Å². The normalized spacial score (nSPS) is 18.5. The van der Waals surface area contributed by atoms with Crippen molar-refractivity contribution in [2.75, 3.05) is 6.54 Å². The van der Waals surface area contributed by atoms with Crippen LogP contribution in [0.2, 0.25) is 0 Å². The summed E-state index contributed by atoms with van der Waals surface area (Å²) in [4.78, 5) is 16.0.